The summed E-state index contributed by atoms with van der Waals surface area (Å²) in [5.74, 6) is 0.538. The summed E-state index contributed by atoms with van der Waals surface area (Å²) in [6.45, 7) is 4.15. The standard InChI is InChI=1S/C25H34ClN3O3/c1-14-5-7-18(28-24(30)16-6-8-21(26)23(11-16)32-4)12-19(14)20-10-17-13-27-15(2)9-22(17)29(3)25(20)31/h9-10,13-14,16,18-19,21,23H,5-8,11-12H2,1-4H3,(H,28,30). The summed E-state index contributed by atoms with van der Waals surface area (Å²) in [5, 5.41) is 4.25. The number of carbonyl (C=O) groups excluding carboxylic acids is 1. The summed E-state index contributed by atoms with van der Waals surface area (Å²) in [6, 6.07) is 4.05. The van der Waals surface area contributed by atoms with Gasteiger partial charge in [0.2, 0.25) is 5.91 Å². The molecule has 2 aliphatic rings. The first-order chi connectivity index (χ1) is 15.3. The lowest BCUT2D eigenvalue weighted by Crippen LogP contribution is -2.46. The van der Waals surface area contributed by atoms with Crippen molar-refractivity contribution in [1.29, 1.82) is 0 Å². The fourth-order valence-electron chi connectivity index (χ4n) is 5.54. The number of rotatable bonds is 4. The molecule has 7 heteroatoms. The number of aromatic nitrogens is 2. The van der Waals surface area contributed by atoms with Gasteiger partial charge in [-0.25, -0.2) is 0 Å². The van der Waals surface area contributed by atoms with Gasteiger partial charge in [-0.1, -0.05) is 6.92 Å². The highest BCUT2D eigenvalue weighted by atomic mass is 35.5. The zero-order valence-electron chi connectivity index (χ0n) is 19.4. The van der Waals surface area contributed by atoms with Crippen LogP contribution in [0.4, 0.5) is 0 Å². The smallest absolute Gasteiger partial charge is 0.254 e. The van der Waals surface area contributed by atoms with Gasteiger partial charge in [-0.2, -0.15) is 0 Å². The van der Waals surface area contributed by atoms with E-state index in [1.165, 1.54) is 0 Å². The second kappa shape index (κ2) is 9.52. The first kappa shape index (κ1) is 23.2. The fraction of sp³-hybridized carbons (Fsp3) is 0.640. The molecule has 4 rings (SSSR count). The van der Waals surface area contributed by atoms with Crippen molar-refractivity contribution in [1.82, 2.24) is 14.9 Å². The zero-order valence-corrected chi connectivity index (χ0v) is 20.2. The van der Waals surface area contributed by atoms with Crippen LogP contribution >= 0.6 is 11.6 Å². The van der Waals surface area contributed by atoms with Crippen LogP contribution in [-0.4, -0.2) is 40.1 Å². The molecule has 2 aliphatic carbocycles. The highest BCUT2D eigenvalue weighted by molar-refractivity contribution is 6.21. The van der Waals surface area contributed by atoms with Crippen molar-refractivity contribution >= 4 is 28.4 Å². The number of methoxy groups -OCH3 is 1. The maximum absolute atomic E-state index is 13.2. The van der Waals surface area contributed by atoms with Gasteiger partial charge in [-0.15, -0.1) is 11.6 Å². The van der Waals surface area contributed by atoms with Gasteiger partial charge in [-0.05, 0) is 69.4 Å². The van der Waals surface area contributed by atoms with Gasteiger partial charge < -0.3 is 14.6 Å². The third-order valence-electron chi connectivity index (χ3n) is 7.60. The molecular formula is C25H34ClN3O3. The molecule has 174 valence electrons. The molecule has 2 aromatic heterocycles. The Labute approximate surface area is 194 Å². The number of ether oxygens (including phenoxy) is 1. The largest absolute Gasteiger partial charge is 0.380 e. The van der Waals surface area contributed by atoms with Crippen molar-refractivity contribution < 1.29 is 9.53 Å². The number of amides is 1. The second-order valence-corrected chi connectivity index (χ2v) is 10.3. The molecule has 0 saturated heterocycles. The normalized spacial score (nSPS) is 30.9. The molecule has 0 radical (unpaired) electrons. The average molecular weight is 460 g/mol. The molecule has 0 aromatic carbocycles. The van der Waals surface area contributed by atoms with Gasteiger partial charge in [0.15, 0.2) is 0 Å². The Morgan fingerprint density at radius 2 is 2.00 bits per heavy atom. The number of carbonyl (C=O) groups is 1. The lowest BCUT2D eigenvalue weighted by Gasteiger charge is -2.37. The maximum atomic E-state index is 13.2. The van der Waals surface area contributed by atoms with E-state index in [2.05, 4.69) is 17.2 Å². The van der Waals surface area contributed by atoms with Gasteiger partial charge in [0.25, 0.3) is 5.56 Å². The van der Waals surface area contributed by atoms with Gasteiger partial charge in [-0.3, -0.25) is 14.6 Å². The quantitative estimate of drug-likeness (QED) is 0.700. The average Bonchev–Trinajstić information content (AvgIpc) is 2.78. The zero-order chi connectivity index (χ0) is 23.0. The van der Waals surface area contributed by atoms with Gasteiger partial charge in [0, 0.05) is 49.0 Å². The van der Waals surface area contributed by atoms with Crippen LogP contribution in [0.1, 0.15) is 62.6 Å². The third kappa shape index (κ3) is 4.58. The van der Waals surface area contributed by atoms with Crippen LogP contribution in [0, 0.1) is 18.8 Å². The van der Waals surface area contributed by atoms with Crippen molar-refractivity contribution in [3.63, 3.8) is 0 Å². The molecule has 2 heterocycles. The van der Waals surface area contributed by atoms with Crippen LogP contribution in [0.2, 0.25) is 0 Å². The SMILES string of the molecule is COC1CC(C(=O)NC2CCC(C)C(c3cc4cnc(C)cc4n(C)c3=O)C2)CCC1Cl. The molecule has 0 bridgehead atoms. The van der Waals surface area contributed by atoms with Crippen LogP contribution in [-0.2, 0) is 16.6 Å². The minimum absolute atomic E-state index is 0.0219. The van der Waals surface area contributed by atoms with Crippen LogP contribution < -0.4 is 10.9 Å². The summed E-state index contributed by atoms with van der Waals surface area (Å²) in [6.07, 6.45) is 6.74. The molecule has 0 spiro atoms. The lowest BCUT2D eigenvalue weighted by atomic mass is 9.74. The molecule has 2 fully saturated rings. The van der Waals surface area contributed by atoms with Gasteiger partial charge in [0.1, 0.15) is 0 Å². The summed E-state index contributed by atoms with van der Waals surface area (Å²) < 4.78 is 7.22. The van der Waals surface area contributed by atoms with E-state index in [0.29, 0.717) is 12.3 Å². The topological polar surface area (TPSA) is 73.2 Å². The van der Waals surface area contributed by atoms with E-state index in [9.17, 15) is 9.59 Å². The van der Waals surface area contributed by atoms with E-state index < -0.39 is 0 Å². The number of alkyl halides is 1. The van der Waals surface area contributed by atoms with Crippen molar-refractivity contribution in [3.05, 3.63) is 39.9 Å². The van der Waals surface area contributed by atoms with E-state index in [-0.39, 0.29) is 40.8 Å². The molecule has 6 nitrogen and oxygen atoms in total. The maximum Gasteiger partial charge on any atom is 0.254 e. The van der Waals surface area contributed by atoms with Crippen LogP contribution in [0.15, 0.2) is 23.1 Å². The molecule has 6 atom stereocenters. The molecule has 2 aromatic rings. The number of hydrogen-bond acceptors (Lipinski definition) is 4. The first-order valence-corrected chi connectivity index (χ1v) is 12.2. The minimum atomic E-state index is -0.0711. The first-order valence-electron chi connectivity index (χ1n) is 11.7. The Balaban J connectivity index is 1.52. The molecule has 32 heavy (non-hydrogen) atoms. The van der Waals surface area contributed by atoms with E-state index in [0.717, 1.165) is 54.3 Å². The van der Waals surface area contributed by atoms with Gasteiger partial charge in [0.05, 0.1) is 17.0 Å². The molecule has 1 amide bonds. The number of aryl methyl sites for hydroxylation is 2. The predicted molar refractivity (Wildman–Crippen MR) is 127 cm³/mol. The predicted octanol–water partition coefficient (Wildman–Crippen LogP) is 4.05. The van der Waals surface area contributed by atoms with Crippen LogP contribution in [0.25, 0.3) is 10.9 Å². The van der Waals surface area contributed by atoms with Crippen molar-refractivity contribution in [2.45, 2.75) is 75.8 Å². The number of nitrogens with one attached hydrogen (secondary N) is 1. The van der Waals surface area contributed by atoms with E-state index in [4.69, 9.17) is 16.3 Å². The number of halogens is 1. The Hall–Kier alpha value is -1.92. The van der Waals surface area contributed by atoms with E-state index in [1.54, 1.807) is 11.7 Å². The lowest BCUT2D eigenvalue weighted by molar-refractivity contribution is -0.128. The Bertz CT molecular complexity index is 1050. The van der Waals surface area contributed by atoms with Crippen molar-refractivity contribution in [2.24, 2.45) is 18.9 Å². The second-order valence-electron chi connectivity index (χ2n) is 9.75. The number of fused-ring (bicyclic) bond motifs is 1. The van der Waals surface area contributed by atoms with Crippen LogP contribution in [0.5, 0.6) is 0 Å². The highest BCUT2D eigenvalue weighted by Crippen LogP contribution is 2.38. The molecule has 2 saturated carbocycles. The molecular weight excluding hydrogens is 426 g/mol. The monoisotopic (exact) mass is 459 g/mol. The Morgan fingerprint density at radius 3 is 2.75 bits per heavy atom. The van der Waals surface area contributed by atoms with Crippen LogP contribution in [0.3, 0.4) is 0 Å². The van der Waals surface area contributed by atoms with E-state index in [1.807, 2.05) is 32.3 Å². The molecule has 6 unspecified atom stereocenters. The van der Waals surface area contributed by atoms with Gasteiger partial charge >= 0.3 is 0 Å². The van der Waals surface area contributed by atoms with E-state index >= 15 is 0 Å². The van der Waals surface area contributed by atoms with Crippen molar-refractivity contribution in [3.8, 4) is 0 Å². The summed E-state index contributed by atoms with van der Waals surface area (Å²) in [4.78, 5) is 30.7. The Morgan fingerprint density at radius 1 is 1.22 bits per heavy atom. The number of pyridine rings is 2. The number of nitrogens with zero attached hydrogens (tertiary/aromatic N) is 2. The summed E-state index contributed by atoms with van der Waals surface area (Å²) >= 11 is 6.33. The van der Waals surface area contributed by atoms with Crippen molar-refractivity contribution in [2.75, 3.05) is 7.11 Å². The Kier molecular flexibility index (Phi) is 6.91. The number of hydrogen-bond donors (Lipinski definition) is 1. The molecule has 0 aliphatic heterocycles. The summed E-state index contributed by atoms with van der Waals surface area (Å²) in [5.41, 5.74) is 2.68. The highest BCUT2D eigenvalue weighted by Gasteiger charge is 2.36. The third-order valence-corrected chi connectivity index (χ3v) is 8.10. The minimum Gasteiger partial charge on any atom is -0.380 e. The summed E-state index contributed by atoms with van der Waals surface area (Å²) in [7, 11) is 3.49. The molecule has 1 N–H and O–H groups in total. The fourth-order valence-corrected chi connectivity index (χ4v) is 5.87.